The Morgan fingerprint density at radius 3 is 2.52 bits per heavy atom. The van der Waals surface area contributed by atoms with E-state index in [2.05, 4.69) is 18.3 Å². The fourth-order valence-corrected chi connectivity index (χ4v) is 2.02. The zero-order valence-electron chi connectivity index (χ0n) is 14.1. The molecule has 0 unspecified atom stereocenters. The fourth-order valence-electron chi connectivity index (χ4n) is 2.02. The lowest BCUT2D eigenvalue weighted by Gasteiger charge is -2.19. The quantitative estimate of drug-likeness (QED) is 0.871. The molecule has 0 atom stereocenters. The van der Waals surface area contributed by atoms with Crippen LogP contribution >= 0.6 is 0 Å². The van der Waals surface area contributed by atoms with Crippen molar-refractivity contribution in [1.29, 1.82) is 0 Å². The molecule has 23 heavy (non-hydrogen) atoms. The van der Waals surface area contributed by atoms with E-state index in [0.29, 0.717) is 18.0 Å². The molecule has 0 aliphatic rings. The molecule has 0 saturated heterocycles. The van der Waals surface area contributed by atoms with Crippen LogP contribution in [0.15, 0.2) is 48.5 Å². The molecule has 0 aliphatic carbocycles. The lowest BCUT2D eigenvalue weighted by molar-refractivity contribution is 0.0636. The highest BCUT2D eigenvalue weighted by molar-refractivity contribution is 5.85. The Morgan fingerprint density at radius 2 is 1.83 bits per heavy atom. The van der Waals surface area contributed by atoms with Gasteiger partial charge in [-0.05, 0) is 51.0 Å². The van der Waals surface area contributed by atoms with Crippen molar-refractivity contribution in [2.45, 2.75) is 39.9 Å². The molecule has 0 heterocycles. The van der Waals surface area contributed by atoms with E-state index in [-0.39, 0.29) is 0 Å². The maximum absolute atomic E-state index is 11.8. The topological polar surface area (TPSA) is 47.6 Å². The first-order valence-electron chi connectivity index (χ1n) is 7.61. The minimum absolute atomic E-state index is 0.478. The van der Waals surface area contributed by atoms with Gasteiger partial charge in [-0.15, -0.1) is 0 Å². The Labute approximate surface area is 137 Å². The first-order valence-corrected chi connectivity index (χ1v) is 7.61. The molecule has 2 aromatic carbocycles. The maximum atomic E-state index is 11.8. The number of amides is 1. The normalized spacial score (nSPS) is 11.0. The lowest BCUT2D eigenvalue weighted by Crippen LogP contribution is -2.27. The van der Waals surface area contributed by atoms with Crippen molar-refractivity contribution in [3.63, 3.8) is 0 Å². The fraction of sp³-hybridized carbons (Fsp3) is 0.316. The molecular formula is C19H23NO3. The van der Waals surface area contributed by atoms with Crippen molar-refractivity contribution in [1.82, 2.24) is 0 Å². The summed E-state index contributed by atoms with van der Waals surface area (Å²) in [6, 6.07) is 15.4. The Bertz CT molecular complexity index is 674. The minimum Gasteiger partial charge on any atom is -0.489 e. The maximum Gasteiger partial charge on any atom is 0.412 e. The van der Waals surface area contributed by atoms with Crippen molar-refractivity contribution in [2.24, 2.45) is 0 Å². The van der Waals surface area contributed by atoms with Gasteiger partial charge in [0.05, 0.1) is 0 Å². The largest absolute Gasteiger partial charge is 0.489 e. The Morgan fingerprint density at radius 1 is 1.09 bits per heavy atom. The van der Waals surface area contributed by atoms with Gasteiger partial charge in [0.25, 0.3) is 0 Å². The van der Waals surface area contributed by atoms with Crippen LogP contribution in [0.5, 0.6) is 5.75 Å². The minimum atomic E-state index is -0.525. The van der Waals surface area contributed by atoms with Gasteiger partial charge in [0.2, 0.25) is 0 Å². The van der Waals surface area contributed by atoms with Gasteiger partial charge in [-0.1, -0.05) is 30.3 Å². The van der Waals surface area contributed by atoms with Crippen molar-refractivity contribution in [3.8, 4) is 5.75 Å². The number of aryl methyl sites for hydroxylation is 1. The summed E-state index contributed by atoms with van der Waals surface area (Å²) >= 11 is 0. The van der Waals surface area contributed by atoms with Crippen molar-refractivity contribution >= 4 is 11.8 Å². The first kappa shape index (κ1) is 16.9. The van der Waals surface area contributed by atoms with Crippen LogP contribution in [-0.2, 0) is 11.3 Å². The molecule has 4 heteroatoms. The Hall–Kier alpha value is -2.49. The number of anilines is 1. The molecule has 1 amide bonds. The smallest absolute Gasteiger partial charge is 0.412 e. The average Bonchev–Trinajstić information content (AvgIpc) is 2.45. The lowest BCUT2D eigenvalue weighted by atomic mass is 10.1. The van der Waals surface area contributed by atoms with E-state index < -0.39 is 11.7 Å². The van der Waals surface area contributed by atoms with E-state index in [1.54, 1.807) is 12.1 Å². The summed E-state index contributed by atoms with van der Waals surface area (Å²) in [5.74, 6) is 0.696. The number of benzene rings is 2. The van der Waals surface area contributed by atoms with E-state index in [9.17, 15) is 4.79 Å². The molecule has 2 rings (SSSR count). The highest BCUT2D eigenvalue weighted by Gasteiger charge is 2.16. The Balaban J connectivity index is 1.97. The number of carbonyl (C=O) groups is 1. The van der Waals surface area contributed by atoms with Gasteiger partial charge in [0.15, 0.2) is 0 Å². The van der Waals surface area contributed by atoms with Crippen LogP contribution in [0.25, 0.3) is 0 Å². The van der Waals surface area contributed by atoms with Gasteiger partial charge < -0.3 is 9.47 Å². The third-order valence-corrected chi connectivity index (χ3v) is 3.13. The molecule has 0 bridgehead atoms. The summed E-state index contributed by atoms with van der Waals surface area (Å²) in [6.45, 7) is 8.03. The summed E-state index contributed by atoms with van der Waals surface area (Å²) in [4.78, 5) is 11.8. The molecular weight excluding hydrogens is 290 g/mol. The number of rotatable bonds is 4. The number of nitrogens with one attached hydrogen (secondary N) is 1. The number of ether oxygens (including phenoxy) is 2. The summed E-state index contributed by atoms with van der Waals surface area (Å²) in [5.41, 5.74) is 2.44. The van der Waals surface area contributed by atoms with Gasteiger partial charge in [0, 0.05) is 11.8 Å². The van der Waals surface area contributed by atoms with E-state index >= 15 is 0 Å². The van der Waals surface area contributed by atoms with Crippen LogP contribution in [0.4, 0.5) is 10.5 Å². The van der Waals surface area contributed by atoms with Gasteiger partial charge >= 0.3 is 6.09 Å². The van der Waals surface area contributed by atoms with Crippen LogP contribution in [-0.4, -0.2) is 11.7 Å². The monoisotopic (exact) mass is 313 g/mol. The molecule has 2 aromatic rings. The highest BCUT2D eigenvalue weighted by atomic mass is 16.6. The number of hydrogen-bond acceptors (Lipinski definition) is 3. The molecule has 0 saturated carbocycles. The molecule has 0 fully saturated rings. The van der Waals surface area contributed by atoms with Gasteiger partial charge in [-0.3, -0.25) is 5.32 Å². The van der Waals surface area contributed by atoms with Gasteiger partial charge in [-0.25, -0.2) is 4.79 Å². The summed E-state index contributed by atoms with van der Waals surface area (Å²) in [5, 5.41) is 2.71. The molecule has 0 spiro atoms. The van der Waals surface area contributed by atoms with E-state index in [4.69, 9.17) is 9.47 Å². The van der Waals surface area contributed by atoms with Gasteiger partial charge in [0.1, 0.15) is 18.0 Å². The predicted octanol–water partition coefficient (Wildman–Crippen LogP) is 4.92. The van der Waals surface area contributed by atoms with E-state index in [1.165, 1.54) is 5.56 Å². The van der Waals surface area contributed by atoms with E-state index in [0.717, 1.165) is 5.56 Å². The molecule has 1 N–H and O–H groups in total. The zero-order chi connectivity index (χ0) is 16.9. The van der Waals surface area contributed by atoms with E-state index in [1.807, 2.05) is 51.1 Å². The van der Waals surface area contributed by atoms with Gasteiger partial charge in [-0.2, -0.15) is 0 Å². The summed E-state index contributed by atoms with van der Waals surface area (Å²) in [7, 11) is 0. The number of carbonyl (C=O) groups excluding carboxylic acids is 1. The molecule has 0 aliphatic heterocycles. The number of hydrogen-bond donors (Lipinski definition) is 1. The SMILES string of the molecule is Cc1ccccc1COc1cccc(NC(=O)OC(C)(C)C)c1. The second kappa shape index (κ2) is 7.18. The highest BCUT2D eigenvalue weighted by Crippen LogP contribution is 2.20. The van der Waals surface area contributed by atoms with Crippen molar-refractivity contribution < 1.29 is 14.3 Å². The van der Waals surface area contributed by atoms with Crippen LogP contribution in [0.3, 0.4) is 0 Å². The third kappa shape index (κ3) is 5.66. The zero-order valence-corrected chi connectivity index (χ0v) is 14.1. The third-order valence-electron chi connectivity index (χ3n) is 3.13. The predicted molar refractivity (Wildman–Crippen MR) is 91.8 cm³/mol. The molecule has 122 valence electrons. The molecule has 0 aromatic heterocycles. The van der Waals surface area contributed by atoms with Crippen molar-refractivity contribution in [2.75, 3.05) is 5.32 Å². The van der Waals surface area contributed by atoms with Crippen LogP contribution in [0.1, 0.15) is 31.9 Å². The molecule has 0 radical (unpaired) electrons. The standard InChI is InChI=1S/C19H23NO3/c1-14-8-5-6-9-15(14)13-22-17-11-7-10-16(12-17)20-18(21)23-19(2,3)4/h5-12H,13H2,1-4H3,(H,20,21). The summed E-state index contributed by atoms with van der Waals surface area (Å²) < 4.78 is 11.0. The second-order valence-corrected chi connectivity index (χ2v) is 6.37. The van der Waals surface area contributed by atoms with Crippen LogP contribution in [0.2, 0.25) is 0 Å². The summed E-state index contributed by atoms with van der Waals surface area (Å²) in [6.07, 6.45) is -0.478. The second-order valence-electron chi connectivity index (χ2n) is 6.37. The first-order chi connectivity index (χ1) is 10.8. The van der Waals surface area contributed by atoms with Crippen LogP contribution in [0, 0.1) is 6.92 Å². The average molecular weight is 313 g/mol. The molecule has 4 nitrogen and oxygen atoms in total. The van der Waals surface area contributed by atoms with Crippen LogP contribution < -0.4 is 10.1 Å². The van der Waals surface area contributed by atoms with Crippen molar-refractivity contribution in [3.05, 3.63) is 59.7 Å². The Kier molecular flexibility index (Phi) is 5.27.